The van der Waals surface area contributed by atoms with Crippen LogP contribution in [0.1, 0.15) is 12.8 Å². The Hall–Kier alpha value is -2.17. The third-order valence-electron chi connectivity index (χ3n) is 4.70. The molecule has 0 spiro atoms. The first-order chi connectivity index (χ1) is 13.5. The second kappa shape index (κ2) is 9.35. The van der Waals surface area contributed by atoms with Crippen molar-refractivity contribution in [3.63, 3.8) is 0 Å². The lowest BCUT2D eigenvalue weighted by atomic mass is 10.3. The maximum Gasteiger partial charge on any atom is 0.258 e. The summed E-state index contributed by atoms with van der Waals surface area (Å²) in [5.74, 6) is -0.122. The van der Waals surface area contributed by atoms with E-state index < -0.39 is 15.9 Å². The van der Waals surface area contributed by atoms with Crippen LogP contribution in [0.2, 0.25) is 0 Å². The number of morpholine rings is 1. The molecule has 2 fully saturated rings. The van der Waals surface area contributed by atoms with Crippen LogP contribution in [0.4, 0.5) is 0 Å². The molecule has 0 radical (unpaired) electrons. The van der Waals surface area contributed by atoms with Crippen LogP contribution in [0.25, 0.3) is 0 Å². The van der Waals surface area contributed by atoms with Crippen molar-refractivity contribution in [3.8, 4) is 5.75 Å². The minimum atomic E-state index is -3.56. The van der Waals surface area contributed by atoms with Gasteiger partial charge in [-0.2, -0.15) is 4.31 Å². The molecule has 2 aliphatic rings. The Labute approximate surface area is 164 Å². The van der Waals surface area contributed by atoms with Gasteiger partial charge in [-0.05, 0) is 37.1 Å². The van der Waals surface area contributed by atoms with E-state index >= 15 is 0 Å². The lowest BCUT2D eigenvalue weighted by molar-refractivity contribution is -0.132. The molecular weight excluding hydrogens is 386 g/mol. The van der Waals surface area contributed by atoms with Gasteiger partial charge in [-0.25, -0.2) is 8.42 Å². The number of carbonyl (C=O) groups excluding carboxylic acids is 2. The summed E-state index contributed by atoms with van der Waals surface area (Å²) in [4.78, 5) is 25.6. The molecule has 0 saturated carbocycles. The normalized spacial score (nSPS) is 18.1. The van der Waals surface area contributed by atoms with Crippen molar-refractivity contribution >= 4 is 21.8 Å². The third-order valence-corrected chi connectivity index (χ3v) is 6.61. The second-order valence-electron chi connectivity index (χ2n) is 6.64. The van der Waals surface area contributed by atoms with Gasteiger partial charge < -0.3 is 19.7 Å². The smallest absolute Gasteiger partial charge is 0.258 e. The summed E-state index contributed by atoms with van der Waals surface area (Å²) in [5.41, 5.74) is 0. The van der Waals surface area contributed by atoms with E-state index in [9.17, 15) is 18.0 Å². The topological polar surface area (TPSA) is 105 Å². The monoisotopic (exact) mass is 411 g/mol. The van der Waals surface area contributed by atoms with Crippen LogP contribution in [-0.2, 0) is 24.3 Å². The van der Waals surface area contributed by atoms with Crippen LogP contribution >= 0.6 is 0 Å². The number of benzene rings is 1. The number of sulfonamides is 1. The van der Waals surface area contributed by atoms with E-state index in [1.165, 1.54) is 28.6 Å². The summed E-state index contributed by atoms with van der Waals surface area (Å²) in [6.07, 6.45) is 2.00. The van der Waals surface area contributed by atoms with Gasteiger partial charge in [0.25, 0.3) is 5.91 Å². The van der Waals surface area contributed by atoms with Crippen molar-refractivity contribution < 1.29 is 27.5 Å². The average Bonchev–Trinajstić information content (AvgIpc) is 3.26. The fourth-order valence-corrected chi connectivity index (χ4v) is 4.50. The largest absolute Gasteiger partial charge is 0.484 e. The average molecular weight is 411 g/mol. The minimum absolute atomic E-state index is 0.0427. The van der Waals surface area contributed by atoms with Crippen LogP contribution in [0, 0.1) is 0 Å². The van der Waals surface area contributed by atoms with E-state index in [1.807, 2.05) is 0 Å². The molecule has 2 heterocycles. The molecule has 1 aromatic carbocycles. The highest BCUT2D eigenvalue weighted by Gasteiger charge is 2.26. The standard InChI is InChI=1S/C18H25N3O6S/c22-17(19-13-18(23)20-7-1-2-8-20)14-27-15-3-5-16(6-4-15)28(24,25)21-9-11-26-12-10-21/h3-6H,1-2,7-14H2,(H,19,22). The number of nitrogens with one attached hydrogen (secondary N) is 1. The highest BCUT2D eigenvalue weighted by atomic mass is 32.2. The molecule has 0 aromatic heterocycles. The summed E-state index contributed by atoms with van der Waals surface area (Å²) < 4.78 is 37.0. The van der Waals surface area contributed by atoms with E-state index in [-0.39, 0.29) is 24.0 Å². The Kier molecular flexibility index (Phi) is 6.87. The molecule has 1 aromatic rings. The van der Waals surface area contributed by atoms with Gasteiger partial charge in [-0.15, -0.1) is 0 Å². The Balaban J connectivity index is 1.46. The summed E-state index contributed by atoms with van der Waals surface area (Å²) in [6.45, 7) is 2.62. The van der Waals surface area contributed by atoms with Gasteiger partial charge in [0.05, 0.1) is 24.7 Å². The fraction of sp³-hybridized carbons (Fsp3) is 0.556. The zero-order chi connectivity index (χ0) is 20.0. The predicted octanol–water partition coefficient (Wildman–Crippen LogP) is -0.175. The van der Waals surface area contributed by atoms with Gasteiger partial charge in [0.2, 0.25) is 15.9 Å². The van der Waals surface area contributed by atoms with Crippen LogP contribution < -0.4 is 10.1 Å². The van der Waals surface area contributed by atoms with E-state index in [1.54, 1.807) is 4.90 Å². The first-order valence-electron chi connectivity index (χ1n) is 9.32. The fourth-order valence-electron chi connectivity index (χ4n) is 3.10. The molecule has 2 aliphatic heterocycles. The molecule has 1 N–H and O–H groups in total. The molecule has 9 nitrogen and oxygen atoms in total. The van der Waals surface area contributed by atoms with Gasteiger partial charge in [-0.1, -0.05) is 0 Å². The van der Waals surface area contributed by atoms with Crippen LogP contribution in [-0.4, -0.2) is 82.0 Å². The van der Waals surface area contributed by atoms with Crippen molar-refractivity contribution in [2.75, 3.05) is 52.5 Å². The number of amides is 2. The van der Waals surface area contributed by atoms with Gasteiger partial charge >= 0.3 is 0 Å². The first kappa shape index (κ1) is 20.6. The van der Waals surface area contributed by atoms with Crippen molar-refractivity contribution in [1.29, 1.82) is 0 Å². The van der Waals surface area contributed by atoms with E-state index in [0.717, 1.165) is 25.9 Å². The molecule has 2 amide bonds. The van der Waals surface area contributed by atoms with Crippen molar-refractivity contribution in [1.82, 2.24) is 14.5 Å². The van der Waals surface area contributed by atoms with Crippen LogP contribution in [0.3, 0.4) is 0 Å². The summed E-state index contributed by atoms with van der Waals surface area (Å²) >= 11 is 0. The molecule has 10 heteroatoms. The Morgan fingerprint density at radius 2 is 1.68 bits per heavy atom. The Morgan fingerprint density at radius 1 is 1.04 bits per heavy atom. The molecule has 0 bridgehead atoms. The molecular formula is C18H25N3O6S. The molecule has 0 aliphatic carbocycles. The quantitative estimate of drug-likeness (QED) is 0.668. The minimum Gasteiger partial charge on any atom is -0.484 e. The maximum absolute atomic E-state index is 12.6. The second-order valence-corrected chi connectivity index (χ2v) is 8.58. The highest BCUT2D eigenvalue weighted by molar-refractivity contribution is 7.89. The van der Waals surface area contributed by atoms with Gasteiger partial charge in [0.15, 0.2) is 6.61 Å². The number of hydrogen-bond acceptors (Lipinski definition) is 6. The maximum atomic E-state index is 12.6. The van der Waals surface area contributed by atoms with E-state index in [2.05, 4.69) is 5.32 Å². The number of nitrogens with zero attached hydrogens (tertiary/aromatic N) is 2. The molecule has 3 rings (SSSR count). The zero-order valence-corrected chi connectivity index (χ0v) is 16.4. The predicted molar refractivity (Wildman–Crippen MR) is 100 cm³/mol. The number of ether oxygens (including phenoxy) is 2. The number of likely N-dealkylation sites (tertiary alicyclic amines) is 1. The number of rotatable bonds is 7. The number of hydrogen-bond donors (Lipinski definition) is 1. The summed E-state index contributed by atoms with van der Waals surface area (Å²) in [5, 5.41) is 2.54. The van der Waals surface area contributed by atoms with E-state index in [4.69, 9.17) is 9.47 Å². The number of carbonyl (C=O) groups is 2. The van der Waals surface area contributed by atoms with Crippen LogP contribution in [0.5, 0.6) is 5.75 Å². The SMILES string of the molecule is O=C(COc1ccc(S(=O)(=O)N2CCOCC2)cc1)NCC(=O)N1CCCC1. The van der Waals surface area contributed by atoms with Crippen molar-refractivity contribution in [3.05, 3.63) is 24.3 Å². The molecule has 0 unspecified atom stereocenters. The molecule has 2 saturated heterocycles. The Bertz CT molecular complexity index is 784. The summed E-state index contributed by atoms with van der Waals surface area (Å²) in [6, 6.07) is 5.93. The van der Waals surface area contributed by atoms with Gasteiger partial charge in [0.1, 0.15) is 5.75 Å². The molecule has 28 heavy (non-hydrogen) atoms. The summed E-state index contributed by atoms with van der Waals surface area (Å²) in [7, 11) is -3.56. The van der Waals surface area contributed by atoms with Crippen molar-refractivity contribution in [2.45, 2.75) is 17.7 Å². The lowest BCUT2D eigenvalue weighted by Gasteiger charge is -2.26. The van der Waals surface area contributed by atoms with Crippen LogP contribution in [0.15, 0.2) is 29.2 Å². The zero-order valence-electron chi connectivity index (χ0n) is 15.6. The lowest BCUT2D eigenvalue weighted by Crippen LogP contribution is -2.40. The van der Waals surface area contributed by atoms with Gasteiger partial charge in [0, 0.05) is 26.2 Å². The Morgan fingerprint density at radius 3 is 2.32 bits per heavy atom. The first-order valence-corrected chi connectivity index (χ1v) is 10.8. The van der Waals surface area contributed by atoms with Gasteiger partial charge in [-0.3, -0.25) is 9.59 Å². The van der Waals surface area contributed by atoms with E-state index in [0.29, 0.717) is 32.1 Å². The molecule has 154 valence electrons. The molecule has 0 atom stereocenters. The highest BCUT2D eigenvalue weighted by Crippen LogP contribution is 2.20. The van der Waals surface area contributed by atoms with Crippen molar-refractivity contribution in [2.24, 2.45) is 0 Å². The third kappa shape index (κ3) is 5.21.